The highest BCUT2D eigenvalue weighted by atomic mass is 16.5. The zero-order valence-corrected chi connectivity index (χ0v) is 11.7. The molecule has 18 heavy (non-hydrogen) atoms. The van der Waals surface area contributed by atoms with E-state index in [0.717, 1.165) is 31.7 Å². The molecule has 0 aromatic heterocycles. The molecular formula is C15H25NO2. The van der Waals surface area contributed by atoms with Crippen molar-refractivity contribution in [2.24, 2.45) is 5.92 Å². The molecule has 0 radical (unpaired) electrons. The van der Waals surface area contributed by atoms with E-state index in [1.165, 1.54) is 11.1 Å². The molecule has 3 nitrogen and oxygen atoms in total. The summed E-state index contributed by atoms with van der Waals surface area (Å²) in [5, 5.41) is 12.4. The molecule has 0 bridgehead atoms. The lowest BCUT2D eigenvalue weighted by atomic mass is 10.0. The van der Waals surface area contributed by atoms with E-state index in [4.69, 9.17) is 9.84 Å². The molecule has 1 unspecified atom stereocenters. The summed E-state index contributed by atoms with van der Waals surface area (Å²) < 4.78 is 5.35. The van der Waals surface area contributed by atoms with Gasteiger partial charge in [0, 0.05) is 18.7 Å². The Morgan fingerprint density at radius 2 is 2.17 bits per heavy atom. The van der Waals surface area contributed by atoms with Crippen LogP contribution in [0.5, 0.6) is 5.75 Å². The highest BCUT2D eigenvalue weighted by molar-refractivity contribution is 5.36. The first-order valence-corrected chi connectivity index (χ1v) is 6.66. The van der Waals surface area contributed by atoms with Gasteiger partial charge < -0.3 is 15.2 Å². The van der Waals surface area contributed by atoms with Crippen LogP contribution < -0.4 is 10.1 Å². The van der Waals surface area contributed by atoms with E-state index in [-0.39, 0.29) is 6.61 Å². The summed E-state index contributed by atoms with van der Waals surface area (Å²) in [5.74, 6) is 1.48. The van der Waals surface area contributed by atoms with Gasteiger partial charge in [0.05, 0.1) is 7.11 Å². The number of aliphatic hydroxyl groups excluding tert-OH is 1. The lowest BCUT2D eigenvalue weighted by molar-refractivity contribution is 0.251. The summed E-state index contributed by atoms with van der Waals surface area (Å²) in [7, 11) is 1.70. The Morgan fingerprint density at radius 3 is 2.78 bits per heavy atom. The van der Waals surface area contributed by atoms with Crippen molar-refractivity contribution in [1.29, 1.82) is 0 Å². The van der Waals surface area contributed by atoms with E-state index >= 15 is 0 Å². The first-order chi connectivity index (χ1) is 8.71. The molecule has 0 aliphatic carbocycles. The lowest BCUT2D eigenvalue weighted by Crippen LogP contribution is -2.23. The van der Waals surface area contributed by atoms with Gasteiger partial charge in [-0.05, 0) is 31.9 Å². The van der Waals surface area contributed by atoms with Crippen molar-refractivity contribution in [3.8, 4) is 5.75 Å². The van der Waals surface area contributed by atoms with Crippen LogP contribution in [0.3, 0.4) is 0 Å². The third-order valence-electron chi connectivity index (χ3n) is 3.30. The number of aryl methyl sites for hydroxylation is 1. The van der Waals surface area contributed by atoms with E-state index in [2.05, 4.69) is 31.3 Å². The van der Waals surface area contributed by atoms with Gasteiger partial charge in [-0.2, -0.15) is 0 Å². The maximum atomic E-state index is 8.95. The molecule has 1 rings (SSSR count). The minimum atomic E-state index is 0.272. The molecule has 1 aromatic carbocycles. The van der Waals surface area contributed by atoms with Gasteiger partial charge in [-0.1, -0.05) is 31.0 Å². The van der Waals surface area contributed by atoms with Crippen LogP contribution in [0.25, 0.3) is 0 Å². The second-order valence-corrected chi connectivity index (χ2v) is 4.73. The SMILES string of the molecule is CCC(CCO)CNCc1cc(C)ccc1OC. The minimum Gasteiger partial charge on any atom is -0.496 e. The molecule has 0 fully saturated rings. The van der Waals surface area contributed by atoms with Gasteiger partial charge in [-0.15, -0.1) is 0 Å². The predicted octanol–water partition coefficient (Wildman–Crippen LogP) is 2.50. The van der Waals surface area contributed by atoms with Crippen LogP contribution in [0.1, 0.15) is 30.9 Å². The van der Waals surface area contributed by atoms with E-state index in [0.29, 0.717) is 5.92 Å². The largest absolute Gasteiger partial charge is 0.496 e. The normalized spacial score (nSPS) is 12.4. The Bertz CT molecular complexity index is 352. The average Bonchev–Trinajstić information content (AvgIpc) is 2.38. The van der Waals surface area contributed by atoms with E-state index in [1.807, 2.05) is 6.07 Å². The predicted molar refractivity (Wildman–Crippen MR) is 74.9 cm³/mol. The zero-order chi connectivity index (χ0) is 13.4. The number of benzene rings is 1. The number of methoxy groups -OCH3 is 1. The quantitative estimate of drug-likeness (QED) is 0.746. The molecule has 0 saturated carbocycles. The molecule has 102 valence electrons. The molecule has 0 aliphatic heterocycles. The van der Waals surface area contributed by atoms with E-state index in [1.54, 1.807) is 7.11 Å². The summed E-state index contributed by atoms with van der Waals surface area (Å²) in [6, 6.07) is 6.22. The number of hydrogen-bond donors (Lipinski definition) is 2. The summed E-state index contributed by atoms with van der Waals surface area (Å²) in [6.45, 7) is 6.27. The molecule has 0 heterocycles. The van der Waals surface area contributed by atoms with E-state index < -0.39 is 0 Å². The fourth-order valence-corrected chi connectivity index (χ4v) is 2.09. The maximum absolute atomic E-state index is 8.95. The number of nitrogens with one attached hydrogen (secondary N) is 1. The van der Waals surface area contributed by atoms with Crippen molar-refractivity contribution in [1.82, 2.24) is 5.32 Å². The molecule has 0 spiro atoms. The lowest BCUT2D eigenvalue weighted by Gasteiger charge is -2.15. The van der Waals surface area contributed by atoms with Gasteiger partial charge >= 0.3 is 0 Å². The summed E-state index contributed by atoms with van der Waals surface area (Å²) >= 11 is 0. The van der Waals surface area contributed by atoms with Crippen LogP contribution in [0.4, 0.5) is 0 Å². The fourth-order valence-electron chi connectivity index (χ4n) is 2.09. The van der Waals surface area contributed by atoms with Gasteiger partial charge in [0.25, 0.3) is 0 Å². The number of rotatable bonds is 8. The summed E-state index contributed by atoms with van der Waals surface area (Å²) in [6.07, 6.45) is 1.97. The monoisotopic (exact) mass is 251 g/mol. The molecule has 1 aromatic rings. The second-order valence-electron chi connectivity index (χ2n) is 4.73. The molecule has 1 atom stereocenters. The van der Waals surface area contributed by atoms with Gasteiger partial charge in [0.2, 0.25) is 0 Å². The minimum absolute atomic E-state index is 0.272. The maximum Gasteiger partial charge on any atom is 0.123 e. The number of ether oxygens (including phenoxy) is 1. The Labute approximate surface area is 110 Å². The van der Waals surface area contributed by atoms with Crippen LogP contribution in [-0.2, 0) is 6.54 Å². The van der Waals surface area contributed by atoms with Crippen molar-refractivity contribution < 1.29 is 9.84 Å². The van der Waals surface area contributed by atoms with Crippen molar-refractivity contribution in [2.45, 2.75) is 33.2 Å². The third kappa shape index (κ3) is 4.67. The molecule has 3 heteroatoms. The van der Waals surface area contributed by atoms with Crippen molar-refractivity contribution >= 4 is 0 Å². The number of hydrogen-bond acceptors (Lipinski definition) is 3. The van der Waals surface area contributed by atoms with Crippen LogP contribution in [0, 0.1) is 12.8 Å². The Kier molecular flexibility index (Phi) is 6.76. The van der Waals surface area contributed by atoms with Crippen molar-refractivity contribution in [3.63, 3.8) is 0 Å². The third-order valence-corrected chi connectivity index (χ3v) is 3.30. The van der Waals surface area contributed by atoms with Crippen molar-refractivity contribution in [3.05, 3.63) is 29.3 Å². The van der Waals surface area contributed by atoms with E-state index in [9.17, 15) is 0 Å². The highest BCUT2D eigenvalue weighted by Crippen LogP contribution is 2.19. The van der Waals surface area contributed by atoms with Gasteiger partial charge in [0.1, 0.15) is 5.75 Å². The van der Waals surface area contributed by atoms with Crippen molar-refractivity contribution in [2.75, 3.05) is 20.3 Å². The van der Waals surface area contributed by atoms with Crippen LogP contribution in [-0.4, -0.2) is 25.4 Å². The Balaban J connectivity index is 2.49. The highest BCUT2D eigenvalue weighted by Gasteiger charge is 2.07. The molecular weight excluding hydrogens is 226 g/mol. The van der Waals surface area contributed by atoms with Crippen LogP contribution >= 0.6 is 0 Å². The topological polar surface area (TPSA) is 41.5 Å². The van der Waals surface area contributed by atoms with Crippen LogP contribution in [0.15, 0.2) is 18.2 Å². The molecule has 0 aliphatic rings. The first-order valence-electron chi connectivity index (χ1n) is 6.66. The first kappa shape index (κ1) is 15.0. The number of aliphatic hydroxyl groups is 1. The molecule has 0 amide bonds. The average molecular weight is 251 g/mol. The Morgan fingerprint density at radius 1 is 1.39 bits per heavy atom. The smallest absolute Gasteiger partial charge is 0.123 e. The standard InChI is InChI=1S/C15H25NO2/c1-4-13(7-8-17)10-16-11-14-9-12(2)5-6-15(14)18-3/h5-6,9,13,16-17H,4,7-8,10-11H2,1-3H3. The van der Waals surface area contributed by atoms with Gasteiger partial charge in [-0.3, -0.25) is 0 Å². The second kappa shape index (κ2) is 8.11. The fraction of sp³-hybridized carbons (Fsp3) is 0.600. The van der Waals surface area contributed by atoms with Gasteiger partial charge in [-0.25, -0.2) is 0 Å². The Hall–Kier alpha value is -1.06. The summed E-state index contributed by atoms with van der Waals surface area (Å²) in [4.78, 5) is 0. The molecule has 2 N–H and O–H groups in total. The van der Waals surface area contributed by atoms with Gasteiger partial charge in [0.15, 0.2) is 0 Å². The van der Waals surface area contributed by atoms with Crippen LogP contribution in [0.2, 0.25) is 0 Å². The zero-order valence-electron chi connectivity index (χ0n) is 11.7. The molecule has 0 saturated heterocycles. The summed E-state index contributed by atoms with van der Waals surface area (Å²) in [5.41, 5.74) is 2.44.